The Hall–Kier alpha value is -1.01. The largest absolute Gasteiger partial charge is 0.454 e. The molecule has 3 aliphatic heterocycles. The highest BCUT2D eigenvalue weighted by Crippen LogP contribution is 2.41. The monoisotopic (exact) mass is 366 g/mol. The van der Waals surface area contributed by atoms with Gasteiger partial charge in [0.2, 0.25) is 6.79 Å². The zero-order valence-electron chi connectivity index (χ0n) is 14.9. The van der Waals surface area contributed by atoms with E-state index in [1.54, 1.807) is 7.11 Å². The molecule has 5 nitrogen and oxygen atoms in total. The third-order valence-corrected chi connectivity index (χ3v) is 6.16. The van der Waals surface area contributed by atoms with E-state index in [0.717, 1.165) is 54.9 Å². The SMILES string of the molecule is COCCN1CCCC2(CCN(Cc3cc4c(cc3Cl)OCO4)C2)C1. The van der Waals surface area contributed by atoms with Crippen molar-refractivity contribution in [1.29, 1.82) is 0 Å². The lowest BCUT2D eigenvalue weighted by atomic mass is 9.79. The maximum atomic E-state index is 6.46. The number of hydrogen-bond acceptors (Lipinski definition) is 5. The summed E-state index contributed by atoms with van der Waals surface area (Å²) in [6.45, 7) is 7.75. The molecular formula is C19H27ClN2O3. The van der Waals surface area contributed by atoms with Crippen LogP contribution in [0.5, 0.6) is 11.5 Å². The quantitative estimate of drug-likeness (QED) is 0.800. The topological polar surface area (TPSA) is 34.2 Å². The number of fused-ring (bicyclic) bond motifs is 1. The van der Waals surface area contributed by atoms with Gasteiger partial charge in [0.05, 0.1) is 6.61 Å². The van der Waals surface area contributed by atoms with E-state index in [2.05, 4.69) is 9.80 Å². The zero-order chi connectivity index (χ0) is 17.3. The molecule has 4 rings (SSSR count). The van der Waals surface area contributed by atoms with Crippen molar-refractivity contribution in [1.82, 2.24) is 9.80 Å². The van der Waals surface area contributed by atoms with Crippen molar-refractivity contribution < 1.29 is 14.2 Å². The second-order valence-corrected chi connectivity index (χ2v) is 8.04. The van der Waals surface area contributed by atoms with E-state index < -0.39 is 0 Å². The van der Waals surface area contributed by atoms with Crippen molar-refractivity contribution in [3.63, 3.8) is 0 Å². The average molecular weight is 367 g/mol. The molecule has 0 aromatic heterocycles. The van der Waals surface area contributed by atoms with Gasteiger partial charge >= 0.3 is 0 Å². The summed E-state index contributed by atoms with van der Waals surface area (Å²) in [6, 6.07) is 3.93. The fraction of sp³-hybridized carbons (Fsp3) is 0.684. The summed E-state index contributed by atoms with van der Waals surface area (Å²) in [5.74, 6) is 1.57. The zero-order valence-corrected chi connectivity index (χ0v) is 15.7. The fourth-order valence-electron chi connectivity index (χ4n) is 4.54. The first-order valence-corrected chi connectivity index (χ1v) is 9.57. The van der Waals surface area contributed by atoms with Crippen LogP contribution in [0.3, 0.4) is 0 Å². The van der Waals surface area contributed by atoms with Crippen molar-refractivity contribution in [3.8, 4) is 11.5 Å². The summed E-state index contributed by atoms with van der Waals surface area (Å²) in [4.78, 5) is 5.12. The van der Waals surface area contributed by atoms with Crippen LogP contribution in [0.25, 0.3) is 0 Å². The summed E-state index contributed by atoms with van der Waals surface area (Å²) in [6.07, 6.45) is 3.91. The number of methoxy groups -OCH3 is 1. The first-order chi connectivity index (χ1) is 12.2. The molecule has 0 radical (unpaired) electrons. The molecule has 1 aromatic rings. The molecule has 0 amide bonds. The number of rotatable bonds is 5. The Kier molecular flexibility index (Phi) is 5.09. The lowest BCUT2D eigenvalue weighted by Crippen LogP contribution is -2.45. The summed E-state index contributed by atoms with van der Waals surface area (Å²) in [5, 5.41) is 0.774. The molecule has 1 aromatic carbocycles. The van der Waals surface area contributed by atoms with Crippen LogP contribution in [-0.2, 0) is 11.3 Å². The molecule has 3 aliphatic rings. The molecule has 0 saturated carbocycles. The van der Waals surface area contributed by atoms with Crippen LogP contribution in [-0.4, -0.2) is 63.0 Å². The highest BCUT2D eigenvalue weighted by Gasteiger charge is 2.41. The Balaban J connectivity index is 1.39. The average Bonchev–Trinajstić information content (AvgIpc) is 3.20. The lowest BCUT2D eigenvalue weighted by molar-refractivity contribution is 0.0673. The number of hydrogen-bond donors (Lipinski definition) is 0. The molecule has 1 spiro atoms. The van der Waals surface area contributed by atoms with Gasteiger partial charge in [-0.25, -0.2) is 0 Å². The van der Waals surface area contributed by atoms with E-state index >= 15 is 0 Å². The van der Waals surface area contributed by atoms with Gasteiger partial charge in [0, 0.05) is 44.4 Å². The van der Waals surface area contributed by atoms with Crippen LogP contribution in [0.15, 0.2) is 12.1 Å². The van der Waals surface area contributed by atoms with Crippen LogP contribution in [0.4, 0.5) is 0 Å². The van der Waals surface area contributed by atoms with Gasteiger partial charge in [-0.2, -0.15) is 0 Å². The number of nitrogens with zero attached hydrogens (tertiary/aromatic N) is 2. The van der Waals surface area contributed by atoms with Gasteiger partial charge in [-0.05, 0) is 49.4 Å². The number of ether oxygens (including phenoxy) is 3. The second-order valence-electron chi connectivity index (χ2n) is 7.63. The van der Waals surface area contributed by atoms with Crippen LogP contribution < -0.4 is 9.47 Å². The van der Waals surface area contributed by atoms with Gasteiger partial charge in [-0.3, -0.25) is 4.90 Å². The van der Waals surface area contributed by atoms with Gasteiger partial charge < -0.3 is 19.1 Å². The van der Waals surface area contributed by atoms with Gasteiger partial charge in [0.1, 0.15) is 0 Å². The third-order valence-electron chi connectivity index (χ3n) is 5.81. The smallest absolute Gasteiger partial charge is 0.231 e. The van der Waals surface area contributed by atoms with Crippen molar-refractivity contribution in [3.05, 3.63) is 22.7 Å². The Morgan fingerprint density at radius 1 is 1.12 bits per heavy atom. The van der Waals surface area contributed by atoms with Crippen molar-refractivity contribution in [2.24, 2.45) is 5.41 Å². The number of halogens is 1. The maximum absolute atomic E-state index is 6.46. The summed E-state index contributed by atoms with van der Waals surface area (Å²) in [5.41, 5.74) is 1.57. The van der Waals surface area contributed by atoms with E-state index in [4.69, 9.17) is 25.8 Å². The van der Waals surface area contributed by atoms with Crippen molar-refractivity contribution >= 4 is 11.6 Å². The predicted octanol–water partition coefficient (Wildman–Crippen LogP) is 3.00. The van der Waals surface area contributed by atoms with E-state index in [1.165, 1.54) is 32.4 Å². The van der Waals surface area contributed by atoms with E-state index in [-0.39, 0.29) is 0 Å². The Labute approximate surface area is 154 Å². The highest BCUT2D eigenvalue weighted by atomic mass is 35.5. The maximum Gasteiger partial charge on any atom is 0.231 e. The number of likely N-dealkylation sites (tertiary alicyclic amines) is 2. The summed E-state index contributed by atoms with van der Waals surface area (Å²) in [7, 11) is 1.78. The van der Waals surface area contributed by atoms with Crippen LogP contribution in [0.1, 0.15) is 24.8 Å². The molecule has 1 atom stereocenters. The normalized spacial score (nSPS) is 26.6. The molecule has 2 fully saturated rings. The first kappa shape index (κ1) is 17.4. The Morgan fingerprint density at radius 2 is 1.92 bits per heavy atom. The number of piperidine rings is 1. The molecular weight excluding hydrogens is 340 g/mol. The molecule has 3 heterocycles. The minimum atomic E-state index is 0.291. The molecule has 25 heavy (non-hydrogen) atoms. The van der Waals surface area contributed by atoms with Gasteiger partial charge in [-0.15, -0.1) is 0 Å². The standard InChI is InChI=1S/C19H27ClN2O3/c1-23-8-7-21-5-2-3-19(12-21)4-6-22(13-19)11-15-9-17-18(10-16(15)20)25-14-24-17/h9-10H,2-8,11-14H2,1H3. The van der Waals surface area contributed by atoms with E-state index in [0.29, 0.717) is 12.2 Å². The number of benzene rings is 1. The lowest BCUT2D eigenvalue weighted by Gasteiger charge is -2.40. The summed E-state index contributed by atoms with van der Waals surface area (Å²) < 4.78 is 16.2. The van der Waals surface area contributed by atoms with Crippen LogP contribution >= 0.6 is 11.6 Å². The molecule has 138 valence electrons. The van der Waals surface area contributed by atoms with Crippen LogP contribution in [0, 0.1) is 5.41 Å². The summed E-state index contributed by atoms with van der Waals surface area (Å²) >= 11 is 6.46. The first-order valence-electron chi connectivity index (χ1n) is 9.19. The molecule has 0 bridgehead atoms. The third kappa shape index (κ3) is 3.75. The second kappa shape index (κ2) is 7.31. The van der Waals surface area contributed by atoms with E-state index in [1.807, 2.05) is 12.1 Å². The van der Waals surface area contributed by atoms with Crippen molar-refractivity contribution in [2.75, 3.05) is 53.2 Å². The molecule has 1 unspecified atom stereocenters. The molecule has 2 saturated heterocycles. The highest BCUT2D eigenvalue weighted by molar-refractivity contribution is 6.31. The van der Waals surface area contributed by atoms with E-state index in [9.17, 15) is 0 Å². The fourth-order valence-corrected chi connectivity index (χ4v) is 4.75. The van der Waals surface area contributed by atoms with Crippen LogP contribution in [0.2, 0.25) is 5.02 Å². The van der Waals surface area contributed by atoms with Gasteiger partial charge in [-0.1, -0.05) is 11.6 Å². The van der Waals surface area contributed by atoms with Crippen molar-refractivity contribution in [2.45, 2.75) is 25.8 Å². The molecule has 0 aliphatic carbocycles. The molecule has 0 N–H and O–H groups in total. The van der Waals surface area contributed by atoms with Gasteiger partial charge in [0.25, 0.3) is 0 Å². The minimum Gasteiger partial charge on any atom is -0.454 e. The minimum absolute atomic E-state index is 0.291. The Bertz CT molecular complexity index is 627. The Morgan fingerprint density at radius 3 is 2.76 bits per heavy atom. The molecule has 6 heteroatoms. The van der Waals surface area contributed by atoms with Gasteiger partial charge in [0.15, 0.2) is 11.5 Å². The predicted molar refractivity (Wildman–Crippen MR) is 97.5 cm³/mol.